The van der Waals surface area contributed by atoms with Crippen LogP contribution in [0.25, 0.3) is 0 Å². The second kappa shape index (κ2) is 10.9. The third-order valence-electron chi connectivity index (χ3n) is 3.74. The van der Waals surface area contributed by atoms with Gasteiger partial charge in [0.05, 0.1) is 6.61 Å². The molecule has 0 aromatic heterocycles. The van der Waals surface area contributed by atoms with Gasteiger partial charge in [-0.15, -0.1) is 0 Å². The average molecular weight is 321 g/mol. The summed E-state index contributed by atoms with van der Waals surface area (Å²) in [5.41, 5.74) is 2.15. The molecule has 1 aromatic rings. The number of unbranched alkanes of at least 4 members (excludes halogenated alkanes) is 2. The van der Waals surface area contributed by atoms with Crippen LogP contribution in [0, 0.1) is 5.82 Å². The van der Waals surface area contributed by atoms with E-state index in [4.69, 9.17) is 4.74 Å². The molecular formula is C19H28FNO2. The fourth-order valence-electron chi connectivity index (χ4n) is 2.39. The van der Waals surface area contributed by atoms with Crippen LogP contribution in [0.1, 0.15) is 51.5 Å². The second-order valence-corrected chi connectivity index (χ2v) is 5.81. The van der Waals surface area contributed by atoms with Gasteiger partial charge < -0.3 is 10.1 Å². The zero-order chi connectivity index (χ0) is 17.1. The van der Waals surface area contributed by atoms with Gasteiger partial charge in [-0.1, -0.05) is 37.1 Å². The number of rotatable bonds is 11. The summed E-state index contributed by atoms with van der Waals surface area (Å²) in [6.07, 6.45) is 4.38. The van der Waals surface area contributed by atoms with Gasteiger partial charge in [0.25, 0.3) is 0 Å². The van der Waals surface area contributed by atoms with E-state index in [-0.39, 0.29) is 17.8 Å². The normalized spacial score (nSPS) is 12.0. The van der Waals surface area contributed by atoms with Gasteiger partial charge in [-0.25, -0.2) is 4.39 Å². The van der Waals surface area contributed by atoms with Crippen molar-refractivity contribution in [2.75, 3.05) is 6.61 Å². The molecule has 0 radical (unpaired) electrons. The van der Waals surface area contributed by atoms with Crippen LogP contribution in [-0.4, -0.2) is 18.6 Å². The topological polar surface area (TPSA) is 38.3 Å². The lowest BCUT2D eigenvalue weighted by atomic mass is 10.0. The zero-order valence-electron chi connectivity index (χ0n) is 14.2. The smallest absolute Gasteiger partial charge is 0.305 e. The van der Waals surface area contributed by atoms with Crippen LogP contribution >= 0.6 is 0 Å². The summed E-state index contributed by atoms with van der Waals surface area (Å²) in [6.45, 7) is 9.02. The molecule has 128 valence electrons. The first-order chi connectivity index (χ1) is 11.0. The van der Waals surface area contributed by atoms with Crippen molar-refractivity contribution in [2.45, 2.75) is 58.5 Å². The second-order valence-electron chi connectivity index (χ2n) is 5.81. The van der Waals surface area contributed by atoms with Crippen LogP contribution in [0.15, 0.2) is 36.4 Å². The molecule has 4 heteroatoms. The summed E-state index contributed by atoms with van der Waals surface area (Å²) in [7, 11) is 0. The van der Waals surface area contributed by atoms with Crippen LogP contribution in [0.5, 0.6) is 0 Å². The van der Waals surface area contributed by atoms with E-state index < -0.39 is 0 Å². The maximum atomic E-state index is 12.9. The molecule has 23 heavy (non-hydrogen) atoms. The monoisotopic (exact) mass is 321 g/mol. The number of ether oxygens (including phenoxy) is 1. The highest BCUT2D eigenvalue weighted by Gasteiger charge is 2.09. The van der Waals surface area contributed by atoms with Gasteiger partial charge in [-0.2, -0.15) is 0 Å². The molecule has 1 atom stereocenters. The third-order valence-corrected chi connectivity index (χ3v) is 3.74. The maximum absolute atomic E-state index is 12.9. The van der Waals surface area contributed by atoms with Crippen molar-refractivity contribution in [3.05, 3.63) is 47.8 Å². The van der Waals surface area contributed by atoms with E-state index in [1.165, 1.54) is 12.1 Å². The fraction of sp³-hybridized carbons (Fsp3) is 0.526. The lowest BCUT2D eigenvalue weighted by Crippen LogP contribution is -2.29. The van der Waals surface area contributed by atoms with Gasteiger partial charge in [-0.3, -0.25) is 4.79 Å². The van der Waals surface area contributed by atoms with Crippen molar-refractivity contribution in [2.24, 2.45) is 0 Å². The van der Waals surface area contributed by atoms with Crippen LogP contribution < -0.4 is 5.32 Å². The van der Waals surface area contributed by atoms with Crippen molar-refractivity contribution in [3.8, 4) is 0 Å². The number of hydrogen-bond donors (Lipinski definition) is 1. The molecule has 0 aliphatic heterocycles. The minimum atomic E-state index is -0.216. The molecule has 0 fully saturated rings. The van der Waals surface area contributed by atoms with Gasteiger partial charge in [-0.05, 0) is 44.4 Å². The minimum Gasteiger partial charge on any atom is -0.466 e. The van der Waals surface area contributed by atoms with E-state index in [0.717, 1.165) is 36.8 Å². The molecule has 3 nitrogen and oxygen atoms in total. The average Bonchev–Trinajstić information content (AvgIpc) is 2.51. The number of hydrogen-bond acceptors (Lipinski definition) is 3. The Morgan fingerprint density at radius 1 is 1.26 bits per heavy atom. The minimum absolute atomic E-state index is 0.113. The molecule has 0 aliphatic carbocycles. The van der Waals surface area contributed by atoms with Crippen molar-refractivity contribution < 1.29 is 13.9 Å². The molecule has 1 unspecified atom stereocenters. The third kappa shape index (κ3) is 8.50. The van der Waals surface area contributed by atoms with E-state index in [2.05, 4.69) is 11.9 Å². The van der Waals surface area contributed by atoms with Crippen molar-refractivity contribution in [3.63, 3.8) is 0 Å². The highest BCUT2D eigenvalue weighted by atomic mass is 19.1. The van der Waals surface area contributed by atoms with Crippen LogP contribution in [-0.2, 0) is 16.1 Å². The van der Waals surface area contributed by atoms with Crippen molar-refractivity contribution in [1.82, 2.24) is 5.32 Å². The van der Waals surface area contributed by atoms with E-state index in [9.17, 15) is 9.18 Å². The molecule has 0 heterocycles. The Labute approximate surface area is 138 Å². The lowest BCUT2D eigenvalue weighted by Gasteiger charge is -2.19. The summed E-state index contributed by atoms with van der Waals surface area (Å²) in [5, 5.41) is 3.46. The predicted octanol–water partition coefficient (Wildman–Crippen LogP) is 4.37. The molecule has 1 rings (SSSR count). The highest BCUT2D eigenvalue weighted by Crippen LogP contribution is 2.12. The molecule has 1 N–H and O–H groups in total. The fourth-order valence-corrected chi connectivity index (χ4v) is 2.39. The Hall–Kier alpha value is -1.68. The molecule has 1 aromatic carbocycles. The number of carbonyl (C=O) groups excluding carboxylic acids is 1. The van der Waals surface area contributed by atoms with Gasteiger partial charge >= 0.3 is 5.97 Å². The van der Waals surface area contributed by atoms with Crippen LogP contribution in [0.4, 0.5) is 4.39 Å². The molecule has 0 saturated carbocycles. The summed E-state index contributed by atoms with van der Waals surface area (Å²) >= 11 is 0. The number of benzene rings is 1. The van der Waals surface area contributed by atoms with Crippen LogP contribution in [0.3, 0.4) is 0 Å². The summed E-state index contributed by atoms with van der Waals surface area (Å²) in [4.78, 5) is 11.3. The lowest BCUT2D eigenvalue weighted by molar-refractivity contribution is -0.143. The number of halogens is 1. The summed E-state index contributed by atoms with van der Waals surface area (Å²) < 4.78 is 17.8. The highest BCUT2D eigenvalue weighted by molar-refractivity contribution is 5.69. The summed E-state index contributed by atoms with van der Waals surface area (Å²) in [6, 6.07) is 6.77. The Morgan fingerprint density at radius 3 is 2.57 bits per heavy atom. The quantitative estimate of drug-likeness (QED) is 0.373. The molecule has 0 spiro atoms. The predicted molar refractivity (Wildman–Crippen MR) is 91.6 cm³/mol. The zero-order valence-corrected chi connectivity index (χ0v) is 14.2. The molecule has 0 amide bonds. The van der Waals surface area contributed by atoms with Crippen molar-refractivity contribution in [1.29, 1.82) is 0 Å². The maximum Gasteiger partial charge on any atom is 0.305 e. The van der Waals surface area contributed by atoms with E-state index in [0.29, 0.717) is 19.6 Å². The first kappa shape index (κ1) is 19.4. The van der Waals surface area contributed by atoms with Crippen LogP contribution in [0.2, 0.25) is 0 Å². The first-order valence-electron chi connectivity index (χ1n) is 8.31. The van der Waals surface area contributed by atoms with Gasteiger partial charge in [0, 0.05) is 19.0 Å². The SMILES string of the molecule is C=C(C)C(CCCCCC(=O)OCC)NCc1ccc(F)cc1. The summed E-state index contributed by atoms with van der Waals surface area (Å²) in [5.74, 6) is -0.329. The Bertz CT molecular complexity index is 485. The first-order valence-corrected chi connectivity index (χ1v) is 8.31. The molecular weight excluding hydrogens is 293 g/mol. The number of carbonyl (C=O) groups is 1. The standard InChI is InChI=1S/C19H28FNO2/c1-4-23-19(22)9-7-5-6-8-18(15(2)3)21-14-16-10-12-17(20)13-11-16/h10-13,18,21H,2,4-9,14H2,1,3H3. The number of nitrogens with one attached hydrogen (secondary N) is 1. The van der Waals surface area contributed by atoms with Gasteiger partial charge in [0.15, 0.2) is 0 Å². The van der Waals surface area contributed by atoms with Gasteiger partial charge in [0.2, 0.25) is 0 Å². The Balaban J connectivity index is 2.25. The molecule has 0 saturated heterocycles. The van der Waals surface area contributed by atoms with Crippen molar-refractivity contribution >= 4 is 5.97 Å². The number of esters is 1. The van der Waals surface area contributed by atoms with E-state index in [1.54, 1.807) is 12.1 Å². The largest absolute Gasteiger partial charge is 0.466 e. The molecule has 0 bridgehead atoms. The van der Waals surface area contributed by atoms with E-state index in [1.807, 2.05) is 13.8 Å². The Morgan fingerprint density at radius 2 is 1.96 bits per heavy atom. The van der Waals surface area contributed by atoms with Gasteiger partial charge in [0.1, 0.15) is 5.82 Å². The van der Waals surface area contributed by atoms with E-state index >= 15 is 0 Å². The Kier molecular flexibility index (Phi) is 9.22. The molecule has 0 aliphatic rings.